The van der Waals surface area contributed by atoms with Crippen LogP contribution in [0.1, 0.15) is 30.7 Å². The third-order valence-electron chi connectivity index (χ3n) is 3.11. The smallest absolute Gasteiger partial charge is 0.347 e. The van der Waals surface area contributed by atoms with Gasteiger partial charge in [0.2, 0.25) is 0 Å². The summed E-state index contributed by atoms with van der Waals surface area (Å²) >= 11 is 1.38. The molecule has 18 heavy (non-hydrogen) atoms. The number of alkyl halides is 3. The van der Waals surface area contributed by atoms with Crippen LogP contribution in [-0.2, 0) is 0 Å². The van der Waals surface area contributed by atoms with Crippen molar-refractivity contribution < 1.29 is 13.2 Å². The van der Waals surface area contributed by atoms with Crippen molar-refractivity contribution in [2.24, 2.45) is 11.7 Å². The summed E-state index contributed by atoms with van der Waals surface area (Å²) in [4.78, 5) is 6.80. The molecule has 0 bridgehead atoms. The Balaban J connectivity index is 2.08. The van der Waals surface area contributed by atoms with Gasteiger partial charge in [-0.3, -0.25) is 0 Å². The predicted molar refractivity (Wildman–Crippen MR) is 65.7 cm³/mol. The van der Waals surface area contributed by atoms with Crippen LogP contribution in [-0.4, -0.2) is 24.2 Å². The molecule has 1 aliphatic heterocycles. The standard InChI is InChI=1S/C11H16F3N3S/c1-7(15)9-5-16-10(18-9)17-4-2-3-8(6-17)11(12,13)14/h5,7-8H,2-4,6,15H2,1H3. The highest BCUT2D eigenvalue weighted by Crippen LogP contribution is 2.36. The Kier molecular flexibility index (Phi) is 3.82. The van der Waals surface area contributed by atoms with Gasteiger partial charge >= 0.3 is 6.18 Å². The SMILES string of the molecule is CC(N)c1cnc(N2CCCC(C(F)(F)F)C2)s1. The average molecular weight is 279 g/mol. The van der Waals surface area contributed by atoms with Crippen molar-refractivity contribution in [3.05, 3.63) is 11.1 Å². The van der Waals surface area contributed by atoms with Gasteiger partial charge in [0.15, 0.2) is 5.13 Å². The van der Waals surface area contributed by atoms with Crippen molar-refractivity contribution in [3.8, 4) is 0 Å². The maximum atomic E-state index is 12.7. The van der Waals surface area contributed by atoms with Crippen LogP contribution in [0.15, 0.2) is 6.20 Å². The number of aromatic nitrogens is 1. The summed E-state index contributed by atoms with van der Waals surface area (Å²) in [6.45, 7) is 2.49. The lowest BCUT2D eigenvalue weighted by atomic mass is 9.98. The van der Waals surface area contributed by atoms with Crippen LogP contribution in [0, 0.1) is 5.92 Å². The Morgan fingerprint density at radius 3 is 2.83 bits per heavy atom. The summed E-state index contributed by atoms with van der Waals surface area (Å²) in [7, 11) is 0. The normalized spacial score (nSPS) is 23.2. The minimum atomic E-state index is -4.11. The molecule has 2 unspecified atom stereocenters. The van der Waals surface area contributed by atoms with E-state index in [2.05, 4.69) is 4.98 Å². The van der Waals surface area contributed by atoms with E-state index in [9.17, 15) is 13.2 Å². The molecule has 0 amide bonds. The highest BCUT2D eigenvalue weighted by Gasteiger charge is 2.42. The van der Waals surface area contributed by atoms with Crippen molar-refractivity contribution in [3.63, 3.8) is 0 Å². The molecule has 1 saturated heterocycles. The lowest BCUT2D eigenvalue weighted by Crippen LogP contribution is -2.41. The average Bonchev–Trinajstić information content (AvgIpc) is 2.77. The zero-order chi connectivity index (χ0) is 13.3. The molecule has 0 saturated carbocycles. The molecule has 3 nitrogen and oxygen atoms in total. The van der Waals surface area contributed by atoms with E-state index in [1.54, 1.807) is 11.1 Å². The van der Waals surface area contributed by atoms with Crippen molar-refractivity contribution in [1.82, 2.24) is 4.98 Å². The van der Waals surface area contributed by atoms with Crippen LogP contribution >= 0.6 is 11.3 Å². The number of rotatable bonds is 2. The van der Waals surface area contributed by atoms with Gasteiger partial charge in [-0.25, -0.2) is 4.98 Å². The number of hydrogen-bond donors (Lipinski definition) is 1. The molecule has 1 aromatic heterocycles. The molecule has 1 fully saturated rings. The Hall–Kier alpha value is -0.820. The first-order valence-corrected chi connectivity index (χ1v) is 6.72. The molecule has 2 rings (SSSR count). The second-order valence-corrected chi connectivity index (χ2v) is 5.70. The molecular formula is C11H16F3N3S. The molecular weight excluding hydrogens is 263 g/mol. The van der Waals surface area contributed by atoms with E-state index in [4.69, 9.17) is 5.73 Å². The summed E-state index contributed by atoms with van der Waals surface area (Å²) in [5.74, 6) is -1.24. The number of nitrogens with two attached hydrogens (primary N) is 1. The minimum absolute atomic E-state index is 0.00933. The maximum absolute atomic E-state index is 12.7. The quantitative estimate of drug-likeness (QED) is 0.905. The number of halogens is 3. The van der Waals surface area contributed by atoms with Crippen LogP contribution < -0.4 is 10.6 Å². The molecule has 2 atom stereocenters. The van der Waals surface area contributed by atoms with Gasteiger partial charge in [0, 0.05) is 30.2 Å². The lowest BCUT2D eigenvalue weighted by Gasteiger charge is -2.33. The minimum Gasteiger partial charge on any atom is -0.347 e. The molecule has 1 aromatic rings. The number of hydrogen-bond acceptors (Lipinski definition) is 4. The Bertz CT molecular complexity index is 402. The maximum Gasteiger partial charge on any atom is 0.393 e. The van der Waals surface area contributed by atoms with Crippen LogP contribution in [0.5, 0.6) is 0 Å². The second kappa shape index (κ2) is 5.05. The molecule has 102 valence electrons. The van der Waals surface area contributed by atoms with Gasteiger partial charge in [0.25, 0.3) is 0 Å². The second-order valence-electron chi connectivity index (χ2n) is 4.66. The van der Waals surface area contributed by atoms with E-state index < -0.39 is 12.1 Å². The topological polar surface area (TPSA) is 42.1 Å². The molecule has 0 aromatic carbocycles. The van der Waals surface area contributed by atoms with Gasteiger partial charge in [-0.05, 0) is 19.8 Å². The molecule has 7 heteroatoms. The van der Waals surface area contributed by atoms with Gasteiger partial charge < -0.3 is 10.6 Å². The van der Waals surface area contributed by atoms with E-state index in [0.29, 0.717) is 18.1 Å². The number of nitrogens with zero attached hydrogens (tertiary/aromatic N) is 2. The van der Waals surface area contributed by atoms with E-state index in [0.717, 1.165) is 4.88 Å². The van der Waals surface area contributed by atoms with E-state index in [1.807, 2.05) is 6.92 Å². The number of piperidine rings is 1. The highest BCUT2D eigenvalue weighted by molar-refractivity contribution is 7.15. The molecule has 0 aliphatic carbocycles. The molecule has 0 radical (unpaired) electrons. The fourth-order valence-corrected chi connectivity index (χ4v) is 2.95. The first kappa shape index (κ1) is 13.6. The third-order valence-corrected chi connectivity index (χ3v) is 4.37. The fourth-order valence-electron chi connectivity index (χ4n) is 2.05. The van der Waals surface area contributed by atoms with Crippen molar-refractivity contribution in [2.45, 2.75) is 32.0 Å². The van der Waals surface area contributed by atoms with Gasteiger partial charge in [-0.15, -0.1) is 11.3 Å². The van der Waals surface area contributed by atoms with Gasteiger partial charge in [-0.1, -0.05) is 0 Å². The van der Waals surface area contributed by atoms with Crippen LogP contribution in [0.4, 0.5) is 18.3 Å². The molecule has 1 aliphatic rings. The first-order valence-electron chi connectivity index (χ1n) is 5.91. The summed E-state index contributed by atoms with van der Waals surface area (Å²) in [5, 5.41) is 0.649. The summed E-state index contributed by atoms with van der Waals surface area (Å²) in [6.07, 6.45) is -1.69. The summed E-state index contributed by atoms with van der Waals surface area (Å²) < 4.78 is 38.1. The van der Waals surface area contributed by atoms with Crippen molar-refractivity contribution in [2.75, 3.05) is 18.0 Å². The van der Waals surface area contributed by atoms with Gasteiger partial charge in [0.05, 0.1) is 5.92 Å². The van der Waals surface area contributed by atoms with Crippen LogP contribution in [0.2, 0.25) is 0 Å². The number of anilines is 1. The van der Waals surface area contributed by atoms with E-state index in [-0.39, 0.29) is 19.0 Å². The van der Waals surface area contributed by atoms with Crippen LogP contribution in [0.3, 0.4) is 0 Å². The van der Waals surface area contributed by atoms with E-state index >= 15 is 0 Å². The number of thiazole rings is 1. The summed E-state index contributed by atoms with van der Waals surface area (Å²) in [5.41, 5.74) is 5.73. The molecule has 0 spiro atoms. The Morgan fingerprint density at radius 2 is 2.28 bits per heavy atom. The van der Waals surface area contributed by atoms with Gasteiger partial charge in [-0.2, -0.15) is 13.2 Å². The monoisotopic (exact) mass is 279 g/mol. The van der Waals surface area contributed by atoms with Crippen molar-refractivity contribution in [1.29, 1.82) is 0 Å². The predicted octanol–water partition coefficient (Wildman–Crippen LogP) is 2.94. The molecule has 2 heterocycles. The molecule has 2 N–H and O–H groups in total. The van der Waals surface area contributed by atoms with Crippen molar-refractivity contribution >= 4 is 16.5 Å². The zero-order valence-corrected chi connectivity index (χ0v) is 10.9. The third kappa shape index (κ3) is 2.95. The van der Waals surface area contributed by atoms with Crippen LogP contribution in [0.25, 0.3) is 0 Å². The Labute approximate surface area is 108 Å². The zero-order valence-electron chi connectivity index (χ0n) is 10.1. The highest BCUT2D eigenvalue weighted by atomic mass is 32.1. The first-order chi connectivity index (χ1) is 8.38. The lowest BCUT2D eigenvalue weighted by molar-refractivity contribution is -0.175. The fraction of sp³-hybridized carbons (Fsp3) is 0.727. The summed E-state index contributed by atoms with van der Waals surface area (Å²) in [6, 6.07) is -0.126. The van der Waals surface area contributed by atoms with E-state index in [1.165, 1.54) is 11.3 Å². The van der Waals surface area contributed by atoms with Gasteiger partial charge in [0.1, 0.15) is 0 Å². The Morgan fingerprint density at radius 1 is 1.56 bits per heavy atom. The largest absolute Gasteiger partial charge is 0.393 e.